The molecule has 1 unspecified atom stereocenters. The van der Waals surface area contributed by atoms with Crippen molar-refractivity contribution in [3.8, 4) is 0 Å². The van der Waals surface area contributed by atoms with Gasteiger partial charge in [0, 0.05) is 11.7 Å². The van der Waals surface area contributed by atoms with Gasteiger partial charge < -0.3 is 15.1 Å². The maximum atomic E-state index is 14.5. The van der Waals surface area contributed by atoms with Crippen LogP contribution < -0.4 is 15.5 Å². The van der Waals surface area contributed by atoms with Crippen LogP contribution in [0.3, 0.4) is 0 Å². The van der Waals surface area contributed by atoms with Crippen molar-refractivity contribution in [1.82, 2.24) is 10.6 Å². The van der Waals surface area contributed by atoms with E-state index in [-0.39, 0.29) is 24.0 Å². The van der Waals surface area contributed by atoms with Crippen LogP contribution in [0.4, 0.5) is 10.1 Å². The zero-order chi connectivity index (χ0) is 24.1. The molecular weight excluding hydrogens is 457 g/mol. The van der Waals surface area contributed by atoms with E-state index in [1.165, 1.54) is 28.6 Å². The Labute approximate surface area is 200 Å². The second-order valence-electron chi connectivity index (χ2n) is 8.27. The Balaban J connectivity index is 1.66. The van der Waals surface area contributed by atoms with E-state index >= 15 is 0 Å². The topological polar surface area (TPSA) is 91.7 Å². The van der Waals surface area contributed by atoms with Crippen LogP contribution in [0.25, 0.3) is 0 Å². The van der Waals surface area contributed by atoms with Crippen LogP contribution in [-0.2, 0) is 9.59 Å². The lowest BCUT2D eigenvalue weighted by Crippen LogP contribution is -2.49. The van der Waals surface area contributed by atoms with E-state index in [1.807, 2.05) is 0 Å². The van der Waals surface area contributed by atoms with E-state index in [9.17, 15) is 18.8 Å². The second-order valence-corrected chi connectivity index (χ2v) is 9.21. The minimum Gasteiger partial charge on any atom is -0.467 e. The molecule has 1 fully saturated rings. The zero-order valence-corrected chi connectivity index (χ0v) is 19.6. The fraction of sp³-hybridized carbons (Fsp3) is 0.320. The molecule has 3 aromatic rings. The standard InChI is InChI=1S/C25H26FN3O4S/c1-16-10-11-18(14-19(16)26)29(22(30)15-27-24(31)21-9-5-13-34-21)23(20-8-4-12-33-20)25(32)28-17-6-2-3-7-17/h4-5,8-14,17,23H,2-3,6-7,15H2,1H3,(H,27,31)(H,28,32). The van der Waals surface area contributed by atoms with Crippen LogP contribution in [0, 0.1) is 12.7 Å². The van der Waals surface area contributed by atoms with Crippen molar-refractivity contribution >= 4 is 34.7 Å². The molecule has 7 nitrogen and oxygen atoms in total. The highest BCUT2D eigenvalue weighted by Crippen LogP contribution is 2.30. The van der Waals surface area contributed by atoms with Gasteiger partial charge >= 0.3 is 0 Å². The fourth-order valence-corrected chi connectivity index (χ4v) is 4.72. The number of hydrogen-bond acceptors (Lipinski definition) is 5. The molecule has 4 rings (SSSR count). The third-order valence-electron chi connectivity index (χ3n) is 5.87. The van der Waals surface area contributed by atoms with Gasteiger partial charge in [-0.1, -0.05) is 25.0 Å². The fourth-order valence-electron chi connectivity index (χ4n) is 4.08. The molecule has 2 heterocycles. The lowest BCUT2D eigenvalue weighted by molar-refractivity contribution is -0.127. The molecular formula is C25H26FN3O4S. The molecule has 34 heavy (non-hydrogen) atoms. The predicted molar refractivity (Wildman–Crippen MR) is 127 cm³/mol. The van der Waals surface area contributed by atoms with Gasteiger partial charge in [-0.3, -0.25) is 19.3 Å². The number of halogens is 1. The summed E-state index contributed by atoms with van der Waals surface area (Å²) in [5, 5.41) is 7.37. The Morgan fingerprint density at radius 1 is 1.18 bits per heavy atom. The quantitative estimate of drug-likeness (QED) is 0.498. The molecule has 1 atom stereocenters. The van der Waals surface area contributed by atoms with Gasteiger partial charge in [0.25, 0.3) is 11.8 Å². The maximum Gasteiger partial charge on any atom is 0.261 e. The summed E-state index contributed by atoms with van der Waals surface area (Å²) in [7, 11) is 0. The number of amides is 3. The van der Waals surface area contributed by atoms with Gasteiger partial charge in [0.05, 0.1) is 17.7 Å². The number of nitrogens with one attached hydrogen (secondary N) is 2. The molecule has 1 aliphatic rings. The number of rotatable bonds is 8. The first kappa shape index (κ1) is 23.7. The molecule has 9 heteroatoms. The van der Waals surface area contributed by atoms with E-state index in [0.29, 0.717) is 10.4 Å². The van der Waals surface area contributed by atoms with E-state index < -0.39 is 29.6 Å². The highest BCUT2D eigenvalue weighted by molar-refractivity contribution is 7.12. The van der Waals surface area contributed by atoms with Crippen LogP contribution in [-0.4, -0.2) is 30.3 Å². The Morgan fingerprint density at radius 3 is 2.62 bits per heavy atom. The van der Waals surface area contributed by atoms with Crippen LogP contribution in [0.1, 0.15) is 52.7 Å². The number of benzene rings is 1. The predicted octanol–water partition coefficient (Wildman–Crippen LogP) is 4.35. The van der Waals surface area contributed by atoms with Crippen LogP contribution in [0.15, 0.2) is 58.5 Å². The van der Waals surface area contributed by atoms with Crippen molar-refractivity contribution in [2.75, 3.05) is 11.4 Å². The van der Waals surface area contributed by atoms with Gasteiger partial charge in [-0.05, 0) is 61.0 Å². The highest BCUT2D eigenvalue weighted by Gasteiger charge is 2.36. The largest absolute Gasteiger partial charge is 0.467 e. The van der Waals surface area contributed by atoms with E-state index in [4.69, 9.17) is 4.42 Å². The van der Waals surface area contributed by atoms with Crippen LogP contribution in [0.2, 0.25) is 0 Å². The van der Waals surface area contributed by atoms with E-state index in [2.05, 4.69) is 10.6 Å². The lowest BCUT2D eigenvalue weighted by atomic mass is 10.1. The van der Waals surface area contributed by atoms with Crippen molar-refractivity contribution in [3.63, 3.8) is 0 Å². The number of nitrogens with zero attached hydrogens (tertiary/aromatic N) is 1. The Hall–Kier alpha value is -3.46. The highest BCUT2D eigenvalue weighted by atomic mass is 32.1. The number of carbonyl (C=O) groups is 3. The summed E-state index contributed by atoms with van der Waals surface area (Å²) in [5.41, 5.74) is 0.605. The first-order chi connectivity index (χ1) is 16.4. The summed E-state index contributed by atoms with van der Waals surface area (Å²) in [5.74, 6) is -1.65. The summed E-state index contributed by atoms with van der Waals surface area (Å²) in [4.78, 5) is 41.0. The zero-order valence-electron chi connectivity index (χ0n) is 18.8. The molecule has 0 bridgehead atoms. The normalized spacial score (nSPS) is 14.5. The van der Waals surface area contributed by atoms with Crippen molar-refractivity contribution in [2.24, 2.45) is 0 Å². The molecule has 1 aromatic carbocycles. The maximum absolute atomic E-state index is 14.5. The Kier molecular flexibility index (Phi) is 7.42. The van der Waals surface area contributed by atoms with Crippen LogP contribution >= 0.6 is 11.3 Å². The molecule has 0 aliphatic heterocycles. The summed E-state index contributed by atoms with van der Waals surface area (Å²) in [6.07, 6.45) is 5.19. The lowest BCUT2D eigenvalue weighted by Gasteiger charge is -2.31. The van der Waals surface area contributed by atoms with Crippen molar-refractivity contribution in [1.29, 1.82) is 0 Å². The molecule has 0 spiro atoms. The summed E-state index contributed by atoms with van der Waals surface area (Å²) < 4.78 is 20.0. The first-order valence-electron chi connectivity index (χ1n) is 11.2. The average molecular weight is 484 g/mol. The Bertz CT molecular complexity index is 1140. The number of thiophene rings is 1. The summed E-state index contributed by atoms with van der Waals surface area (Å²) in [6, 6.07) is 9.81. The SMILES string of the molecule is Cc1ccc(N(C(=O)CNC(=O)c2cccs2)C(C(=O)NC2CCCC2)c2ccco2)cc1F. The van der Waals surface area contributed by atoms with E-state index in [1.54, 1.807) is 48.7 Å². The third-order valence-corrected chi connectivity index (χ3v) is 6.74. The van der Waals surface area contributed by atoms with Gasteiger partial charge in [-0.15, -0.1) is 11.3 Å². The first-order valence-corrected chi connectivity index (χ1v) is 12.1. The summed E-state index contributed by atoms with van der Waals surface area (Å²) in [6.45, 7) is 1.24. The van der Waals surface area contributed by atoms with Crippen molar-refractivity contribution < 1.29 is 23.2 Å². The molecule has 2 aromatic heterocycles. The minimum absolute atomic E-state index is 0.00944. The molecule has 1 aliphatic carbocycles. The van der Waals surface area contributed by atoms with Crippen molar-refractivity contribution in [3.05, 3.63) is 76.1 Å². The number of anilines is 1. The smallest absolute Gasteiger partial charge is 0.261 e. The monoisotopic (exact) mass is 483 g/mol. The number of furan rings is 1. The van der Waals surface area contributed by atoms with Gasteiger partial charge in [-0.2, -0.15) is 0 Å². The van der Waals surface area contributed by atoms with Crippen molar-refractivity contribution in [2.45, 2.75) is 44.7 Å². The average Bonchev–Trinajstić information content (AvgIpc) is 3.61. The Morgan fingerprint density at radius 2 is 1.97 bits per heavy atom. The molecule has 2 N–H and O–H groups in total. The molecule has 1 saturated carbocycles. The minimum atomic E-state index is -1.16. The van der Waals surface area contributed by atoms with Crippen LogP contribution in [0.5, 0.6) is 0 Å². The van der Waals surface area contributed by atoms with Gasteiger partial charge in [0.1, 0.15) is 11.6 Å². The number of hydrogen-bond donors (Lipinski definition) is 2. The number of carbonyl (C=O) groups excluding carboxylic acids is 3. The third kappa shape index (κ3) is 5.36. The molecule has 3 amide bonds. The molecule has 178 valence electrons. The van der Waals surface area contributed by atoms with Gasteiger partial charge in [-0.25, -0.2) is 4.39 Å². The van der Waals surface area contributed by atoms with Gasteiger partial charge in [0.2, 0.25) is 5.91 Å². The number of aryl methyl sites for hydroxylation is 1. The molecule has 0 saturated heterocycles. The molecule has 0 radical (unpaired) electrons. The summed E-state index contributed by atoms with van der Waals surface area (Å²) >= 11 is 1.25. The second kappa shape index (κ2) is 10.6. The van der Waals surface area contributed by atoms with E-state index in [0.717, 1.165) is 25.7 Å². The van der Waals surface area contributed by atoms with Gasteiger partial charge in [0.15, 0.2) is 6.04 Å².